The van der Waals surface area contributed by atoms with Gasteiger partial charge in [-0.05, 0) is 61.0 Å². The van der Waals surface area contributed by atoms with E-state index < -0.39 is 6.04 Å². The Morgan fingerprint density at radius 1 is 1.13 bits per heavy atom. The van der Waals surface area contributed by atoms with E-state index >= 15 is 0 Å². The van der Waals surface area contributed by atoms with Crippen LogP contribution < -0.4 is 5.04 Å². The Labute approximate surface area is 98.2 Å². The molecule has 0 N–H and O–H groups in total. The minimum atomic E-state index is -1.51. The molecule has 0 fully saturated rings. The van der Waals surface area contributed by atoms with Crippen molar-refractivity contribution in [2.45, 2.75) is 20.8 Å². The van der Waals surface area contributed by atoms with Crippen LogP contribution in [-0.2, 0) is 11.8 Å². The fourth-order valence-corrected chi connectivity index (χ4v) is 7.50. The van der Waals surface area contributed by atoms with Gasteiger partial charge in [0.25, 0.3) is 0 Å². The first-order valence-electron chi connectivity index (χ1n) is 4.93. The smallest absolute Gasteiger partial charge is 0.0290 e. The van der Waals surface area contributed by atoms with E-state index in [1.807, 2.05) is 0 Å². The van der Waals surface area contributed by atoms with Gasteiger partial charge in [0.05, 0.1) is 0 Å². The summed E-state index contributed by atoms with van der Waals surface area (Å²) in [5.74, 6) is 6.81. The SMILES string of the molecule is CC1=CP(=S)(c2cc(C)ccp2)C=C1C. The van der Waals surface area contributed by atoms with Crippen LogP contribution in [0.4, 0.5) is 0 Å². The van der Waals surface area contributed by atoms with Crippen molar-refractivity contribution in [2.75, 3.05) is 0 Å². The maximum Gasteiger partial charge on any atom is 0.0290 e. The van der Waals surface area contributed by atoms with Crippen LogP contribution in [0.15, 0.2) is 40.7 Å². The molecule has 0 saturated heterocycles. The van der Waals surface area contributed by atoms with Gasteiger partial charge in [-0.25, -0.2) is 0 Å². The fourth-order valence-electron chi connectivity index (χ4n) is 1.66. The third-order valence-corrected chi connectivity index (χ3v) is 8.70. The van der Waals surface area contributed by atoms with Crippen LogP contribution >= 0.6 is 14.2 Å². The Balaban J connectivity index is 2.55. The summed E-state index contributed by atoms with van der Waals surface area (Å²) in [6.07, 6.45) is 0. The Morgan fingerprint density at radius 2 is 1.73 bits per heavy atom. The number of hydrogen-bond donors (Lipinski definition) is 0. The highest BCUT2D eigenvalue weighted by atomic mass is 32.4. The highest BCUT2D eigenvalue weighted by Gasteiger charge is 2.20. The summed E-state index contributed by atoms with van der Waals surface area (Å²) in [5.41, 5.74) is 4.04. The summed E-state index contributed by atoms with van der Waals surface area (Å²) in [5, 5.41) is 1.41. The minimum Gasteiger partial charge on any atom is -0.0835 e. The van der Waals surface area contributed by atoms with Crippen LogP contribution in [0.5, 0.6) is 0 Å². The van der Waals surface area contributed by atoms with Crippen LogP contribution in [-0.4, -0.2) is 0 Å². The zero-order chi connectivity index (χ0) is 11.1. The lowest BCUT2D eigenvalue weighted by Crippen LogP contribution is -1.95. The third kappa shape index (κ3) is 2.16. The normalized spacial score (nSPS) is 19.1. The quantitative estimate of drug-likeness (QED) is 0.663. The van der Waals surface area contributed by atoms with E-state index in [9.17, 15) is 0 Å². The van der Waals surface area contributed by atoms with Gasteiger partial charge >= 0.3 is 0 Å². The second kappa shape index (κ2) is 3.98. The largest absolute Gasteiger partial charge is 0.0835 e. The molecule has 3 heteroatoms. The maximum absolute atomic E-state index is 5.83. The summed E-state index contributed by atoms with van der Waals surface area (Å²) in [6, 6.07) is 2.92. The summed E-state index contributed by atoms with van der Waals surface area (Å²) < 4.78 is 0. The standard InChI is InChI=1S/C12H14P2S/c1-9-4-5-13-12(6-9)14(15)7-10(2)11(3)8-14/h4-8H,1-3H3. The van der Waals surface area contributed by atoms with Gasteiger partial charge < -0.3 is 0 Å². The summed E-state index contributed by atoms with van der Waals surface area (Å²) >= 11 is 5.83. The average molecular weight is 252 g/mol. The Bertz CT molecular complexity index is 490. The van der Waals surface area contributed by atoms with Gasteiger partial charge in [-0.2, -0.15) is 0 Å². The molecule has 0 unspecified atom stereocenters. The van der Waals surface area contributed by atoms with Crippen LogP contribution in [0.3, 0.4) is 0 Å². The van der Waals surface area contributed by atoms with Crippen LogP contribution in [0.25, 0.3) is 0 Å². The van der Waals surface area contributed by atoms with Gasteiger partial charge in [-0.3, -0.25) is 0 Å². The molecule has 15 heavy (non-hydrogen) atoms. The fraction of sp³-hybridized carbons (Fsp3) is 0.250. The van der Waals surface area contributed by atoms with Gasteiger partial charge in [-0.1, -0.05) is 26.1 Å². The van der Waals surface area contributed by atoms with E-state index in [-0.39, 0.29) is 0 Å². The first kappa shape index (κ1) is 11.3. The van der Waals surface area contributed by atoms with E-state index in [1.165, 1.54) is 29.9 Å². The van der Waals surface area contributed by atoms with E-state index in [0.717, 1.165) is 0 Å². The molecule has 78 valence electrons. The number of allylic oxidation sites excluding steroid dienone is 2. The summed E-state index contributed by atoms with van der Waals surface area (Å²) in [4.78, 5) is 0. The van der Waals surface area contributed by atoms with Crippen molar-refractivity contribution in [1.29, 1.82) is 0 Å². The highest BCUT2D eigenvalue weighted by molar-refractivity contribution is 8.23. The van der Waals surface area contributed by atoms with Crippen LogP contribution in [0.1, 0.15) is 19.4 Å². The van der Waals surface area contributed by atoms with E-state index in [4.69, 9.17) is 11.8 Å². The molecule has 0 spiro atoms. The molecule has 0 bridgehead atoms. The number of rotatable bonds is 1. The molecule has 0 nitrogen and oxygen atoms in total. The van der Waals surface area contributed by atoms with Crippen molar-refractivity contribution < 1.29 is 0 Å². The molecule has 0 radical (unpaired) electrons. The van der Waals surface area contributed by atoms with E-state index in [2.05, 4.69) is 50.3 Å². The van der Waals surface area contributed by atoms with Crippen LogP contribution in [0.2, 0.25) is 0 Å². The molecule has 2 rings (SSSR count). The molecule has 0 atom stereocenters. The molecule has 0 aliphatic carbocycles. The molecule has 1 aliphatic rings. The Hall–Kier alpha value is -0.220. The molecule has 0 amide bonds. The lowest BCUT2D eigenvalue weighted by molar-refractivity contribution is 1.39. The molecule has 1 aliphatic heterocycles. The molecule has 0 saturated carbocycles. The van der Waals surface area contributed by atoms with Crippen molar-refractivity contribution in [2.24, 2.45) is 0 Å². The van der Waals surface area contributed by atoms with Crippen molar-refractivity contribution in [3.05, 3.63) is 46.3 Å². The zero-order valence-electron chi connectivity index (χ0n) is 9.19. The molecule has 1 aromatic heterocycles. The second-order valence-corrected chi connectivity index (χ2v) is 9.65. The maximum atomic E-state index is 5.83. The van der Waals surface area contributed by atoms with Gasteiger partial charge in [0.1, 0.15) is 0 Å². The zero-order valence-corrected chi connectivity index (χ0v) is 11.8. The van der Waals surface area contributed by atoms with Crippen molar-refractivity contribution in [3.63, 3.8) is 0 Å². The van der Waals surface area contributed by atoms with Crippen molar-refractivity contribution in [1.82, 2.24) is 0 Å². The van der Waals surface area contributed by atoms with Gasteiger partial charge in [0, 0.05) is 11.1 Å². The highest BCUT2D eigenvalue weighted by Crippen LogP contribution is 2.56. The van der Waals surface area contributed by atoms with Gasteiger partial charge in [-0.15, -0.1) is 0 Å². The molecule has 1 aromatic rings. The van der Waals surface area contributed by atoms with E-state index in [1.54, 1.807) is 0 Å². The predicted octanol–water partition coefficient (Wildman–Crippen LogP) is 4.50. The average Bonchev–Trinajstić information content (AvgIpc) is 2.42. The molecule has 0 aromatic carbocycles. The first-order valence-corrected chi connectivity index (χ1v) is 8.84. The Kier molecular flexibility index (Phi) is 2.99. The molecular formula is C12H14P2S. The van der Waals surface area contributed by atoms with Gasteiger partial charge in [0.15, 0.2) is 0 Å². The summed E-state index contributed by atoms with van der Waals surface area (Å²) in [6.45, 7) is 6.45. The third-order valence-electron chi connectivity index (χ3n) is 2.65. The lowest BCUT2D eigenvalue weighted by atomic mass is 10.2. The van der Waals surface area contributed by atoms with E-state index in [0.29, 0.717) is 0 Å². The summed E-state index contributed by atoms with van der Waals surface area (Å²) in [7, 11) is 1.28. The number of hydrogen-bond acceptors (Lipinski definition) is 1. The van der Waals surface area contributed by atoms with Gasteiger partial charge in [0.2, 0.25) is 0 Å². The van der Waals surface area contributed by atoms with Crippen molar-refractivity contribution in [3.8, 4) is 0 Å². The number of aryl methyl sites for hydroxylation is 1. The lowest BCUT2D eigenvalue weighted by Gasteiger charge is -2.11. The van der Waals surface area contributed by atoms with Crippen molar-refractivity contribution >= 4 is 31.1 Å². The van der Waals surface area contributed by atoms with Crippen LogP contribution in [0, 0.1) is 6.92 Å². The topological polar surface area (TPSA) is 0 Å². The predicted molar refractivity (Wildman–Crippen MR) is 75.1 cm³/mol. The molecular weight excluding hydrogens is 238 g/mol. The second-order valence-electron chi connectivity index (χ2n) is 4.02. The monoisotopic (exact) mass is 252 g/mol. The minimum absolute atomic E-state index is 1.28. The molecule has 2 heterocycles. The Morgan fingerprint density at radius 3 is 2.27 bits per heavy atom. The first-order chi connectivity index (χ1) is 7.01.